The highest BCUT2D eigenvalue weighted by atomic mass is 16.5. The summed E-state index contributed by atoms with van der Waals surface area (Å²) in [6.07, 6.45) is 2.18. The average molecular weight is 484 g/mol. The Morgan fingerprint density at radius 2 is 1.72 bits per heavy atom. The molecule has 1 aliphatic carbocycles. The number of carbonyl (C=O) groups excluding carboxylic acids is 1. The smallest absolute Gasteiger partial charge is 0.303 e. The van der Waals surface area contributed by atoms with Crippen molar-refractivity contribution in [2.75, 3.05) is 6.61 Å². The zero-order valence-corrected chi connectivity index (χ0v) is 20.5. The van der Waals surface area contributed by atoms with Gasteiger partial charge in [0.15, 0.2) is 0 Å². The first-order valence-corrected chi connectivity index (χ1v) is 12.2. The van der Waals surface area contributed by atoms with Crippen molar-refractivity contribution >= 4 is 5.97 Å². The minimum atomic E-state index is -0.250. The Labute approximate surface area is 210 Å². The highest BCUT2D eigenvalue weighted by molar-refractivity contribution is 5.68. The summed E-state index contributed by atoms with van der Waals surface area (Å²) in [5, 5.41) is 9.23. The number of carbonyl (C=O) groups is 1. The van der Waals surface area contributed by atoms with E-state index in [1.807, 2.05) is 73.7 Å². The average Bonchev–Trinajstić information content (AvgIpc) is 3.46. The van der Waals surface area contributed by atoms with Gasteiger partial charge < -0.3 is 19.0 Å². The molecule has 0 saturated heterocycles. The molecule has 6 heteroatoms. The molecule has 0 bridgehead atoms. The van der Waals surface area contributed by atoms with E-state index < -0.39 is 0 Å². The van der Waals surface area contributed by atoms with Crippen molar-refractivity contribution in [2.45, 2.75) is 45.8 Å². The van der Waals surface area contributed by atoms with Gasteiger partial charge in [-0.05, 0) is 71.8 Å². The molecule has 0 spiro atoms. The fraction of sp³-hybridized carbons (Fsp3) is 0.267. The lowest BCUT2D eigenvalue weighted by Gasteiger charge is -2.12. The highest BCUT2D eigenvalue weighted by Crippen LogP contribution is 2.36. The number of aliphatic hydroxyl groups excluding tert-OH is 1. The number of esters is 1. The molecule has 5 rings (SSSR count). The molecule has 3 aromatic carbocycles. The van der Waals surface area contributed by atoms with Crippen molar-refractivity contribution < 1.29 is 23.8 Å². The predicted octanol–water partition coefficient (Wildman–Crippen LogP) is 5.98. The Bertz CT molecular complexity index is 1360. The van der Waals surface area contributed by atoms with Crippen LogP contribution in [0.5, 0.6) is 5.75 Å². The first kappa shape index (κ1) is 23.8. The Balaban J connectivity index is 1.20. The number of hydrogen-bond donors (Lipinski definition) is 1. The summed E-state index contributed by atoms with van der Waals surface area (Å²) in [5.74, 6) is 1.94. The summed E-state index contributed by atoms with van der Waals surface area (Å²) in [5.41, 5.74) is 7.12. The van der Waals surface area contributed by atoms with E-state index in [1.165, 1.54) is 12.5 Å². The molecule has 0 amide bonds. The van der Waals surface area contributed by atoms with Crippen LogP contribution in [0.2, 0.25) is 0 Å². The molecule has 1 heterocycles. The summed E-state index contributed by atoms with van der Waals surface area (Å²) in [6, 6.07) is 21.9. The molecule has 1 aliphatic rings. The predicted molar refractivity (Wildman–Crippen MR) is 137 cm³/mol. The number of benzene rings is 3. The largest absolute Gasteiger partial charge is 0.493 e. The number of aryl methyl sites for hydroxylation is 2. The molecule has 0 radical (unpaired) electrons. The van der Waals surface area contributed by atoms with E-state index >= 15 is 0 Å². The Morgan fingerprint density at radius 3 is 2.42 bits per heavy atom. The normalized spacial score (nSPS) is 14.5. The molecule has 0 fully saturated rings. The van der Waals surface area contributed by atoms with Crippen LogP contribution in [0.25, 0.3) is 22.6 Å². The van der Waals surface area contributed by atoms with E-state index in [2.05, 4.69) is 0 Å². The summed E-state index contributed by atoms with van der Waals surface area (Å²) < 4.78 is 17.3. The number of aromatic nitrogens is 1. The zero-order valence-electron chi connectivity index (χ0n) is 20.5. The summed E-state index contributed by atoms with van der Waals surface area (Å²) in [4.78, 5) is 16.0. The van der Waals surface area contributed by atoms with Gasteiger partial charge in [-0.25, -0.2) is 4.98 Å². The van der Waals surface area contributed by atoms with E-state index in [1.54, 1.807) is 0 Å². The third-order valence-electron chi connectivity index (χ3n) is 6.55. The van der Waals surface area contributed by atoms with Crippen LogP contribution >= 0.6 is 0 Å². The topological polar surface area (TPSA) is 81.8 Å². The molecule has 36 heavy (non-hydrogen) atoms. The lowest BCUT2D eigenvalue weighted by atomic mass is 10.0. The first-order chi connectivity index (χ1) is 17.5. The second-order valence-corrected chi connectivity index (χ2v) is 9.05. The second kappa shape index (κ2) is 10.4. The van der Waals surface area contributed by atoms with Crippen molar-refractivity contribution in [1.82, 2.24) is 4.98 Å². The fourth-order valence-electron chi connectivity index (χ4n) is 4.62. The van der Waals surface area contributed by atoms with Crippen LogP contribution in [0.3, 0.4) is 0 Å². The first-order valence-electron chi connectivity index (χ1n) is 12.2. The molecule has 4 aromatic rings. The lowest BCUT2D eigenvalue weighted by Crippen LogP contribution is -2.05. The molecule has 0 saturated carbocycles. The van der Waals surface area contributed by atoms with E-state index in [0.29, 0.717) is 18.9 Å². The lowest BCUT2D eigenvalue weighted by molar-refractivity contribution is -0.146. The second-order valence-electron chi connectivity index (χ2n) is 9.05. The number of fused-ring (bicyclic) bond motifs is 1. The van der Waals surface area contributed by atoms with Gasteiger partial charge in [0, 0.05) is 18.9 Å². The Hall–Kier alpha value is -3.90. The van der Waals surface area contributed by atoms with Crippen molar-refractivity contribution in [3.63, 3.8) is 0 Å². The molecule has 1 atom stereocenters. The molecule has 6 nitrogen and oxygen atoms in total. The number of oxazole rings is 1. The van der Waals surface area contributed by atoms with Crippen LogP contribution in [0.15, 0.2) is 71.1 Å². The van der Waals surface area contributed by atoms with Crippen LogP contribution in [-0.2, 0) is 29.0 Å². The Morgan fingerprint density at radius 1 is 1.03 bits per heavy atom. The number of ether oxygens (including phenoxy) is 2. The molecule has 184 valence electrons. The maximum absolute atomic E-state index is 11.3. The van der Waals surface area contributed by atoms with E-state index in [9.17, 15) is 9.90 Å². The van der Waals surface area contributed by atoms with E-state index in [-0.39, 0.29) is 18.7 Å². The van der Waals surface area contributed by atoms with Gasteiger partial charge in [-0.3, -0.25) is 4.79 Å². The van der Waals surface area contributed by atoms with Gasteiger partial charge in [-0.1, -0.05) is 42.5 Å². The standard InChI is InChI=1S/C30H29NO5/c1-19-28(15-16-34-26-12-13-27-25(17-26)11-14-29(27)36-20(2)33)31-30(35-19)24-9-7-23(8-10-24)22-5-3-21(18-32)4-6-22/h3-10,12-13,17,29,32H,11,14-16,18H2,1-2H3. The minimum Gasteiger partial charge on any atom is -0.493 e. The van der Waals surface area contributed by atoms with E-state index in [4.69, 9.17) is 18.9 Å². The maximum Gasteiger partial charge on any atom is 0.303 e. The number of rotatable bonds is 8. The maximum atomic E-state index is 11.3. The van der Waals surface area contributed by atoms with Crippen molar-refractivity contribution in [1.29, 1.82) is 0 Å². The van der Waals surface area contributed by atoms with E-state index in [0.717, 1.165) is 57.9 Å². The molecule has 1 unspecified atom stereocenters. The minimum absolute atomic E-state index is 0.0431. The van der Waals surface area contributed by atoms with Crippen LogP contribution in [-0.4, -0.2) is 22.7 Å². The third-order valence-corrected chi connectivity index (χ3v) is 6.55. The van der Waals surface area contributed by atoms with Gasteiger partial charge in [0.1, 0.15) is 17.6 Å². The number of aliphatic hydroxyl groups is 1. The number of nitrogens with zero attached hydrogens (tertiary/aromatic N) is 1. The van der Waals surface area contributed by atoms with Crippen LogP contribution in [0.4, 0.5) is 0 Å². The summed E-state index contributed by atoms with van der Waals surface area (Å²) in [7, 11) is 0. The quantitative estimate of drug-likeness (QED) is 0.311. The van der Waals surface area contributed by atoms with Gasteiger partial charge in [-0.2, -0.15) is 0 Å². The van der Waals surface area contributed by atoms with Gasteiger partial charge in [0.2, 0.25) is 5.89 Å². The molecular formula is C30H29NO5. The summed E-state index contributed by atoms with van der Waals surface area (Å²) in [6.45, 7) is 3.90. The third kappa shape index (κ3) is 5.19. The van der Waals surface area contributed by atoms with Crippen molar-refractivity contribution in [3.05, 3.63) is 94.9 Å². The van der Waals surface area contributed by atoms with Gasteiger partial charge in [-0.15, -0.1) is 0 Å². The van der Waals surface area contributed by atoms with Crippen LogP contribution in [0.1, 0.15) is 47.6 Å². The van der Waals surface area contributed by atoms with Gasteiger partial charge in [0.25, 0.3) is 0 Å². The molecule has 1 N–H and O–H groups in total. The monoisotopic (exact) mass is 483 g/mol. The van der Waals surface area contributed by atoms with Crippen LogP contribution < -0.4 is 4.74 Å². The highest BCUT2D eigenvalue weighted by Gasteiger charge is 2.25. The molecule has 1 aromatic heterocycles. The zero-order chi connectivity index (χ0) is 25.1. The van der Waals surface area contributed by atoms with Crippen molar-refractivity contribution in [2.24, 2.45) is 0 Å². The Kier molecular flexibility index (Phi) is 6.87. The van der Waals surface area contributed by atoms with Gasteiger partial charge >= 0.3 is 5.97 Å². The number of hydrogen-bond acceptors (Lipinski definition) is 6. The fourth-order valence-corrected chi connectivity index (χ4v) is 4.62. The van der Waals surface area contributed by atoms with Crippen molar-refractivity contribution in [3.8, 4) is 28.3 Å². The summed E-state index contributed by atoms with van der Waals surface area (Å²) >= 11 is 0. The molecule has 0 aliphatic heterocycles. The SMILES string of the molecule is CC(=O)OC1CCc2cc(OCCc3nc(-c4ccc(-c5ccc(CO)cc5)cc4)oc3C)ccc21. The van der Waals surface area contributed by atoms with Gasteiger partial charge in [0.05, 0.1) is 18.9 Å². The molecular weight excluding hydrogens is 454 g/mol. The van der Waals surface area contributed by atoms with Crippen LogP contribution in [0, 0.1) is 6.92 Å².